The number of alkyl halides is 2. The molecule has 0 amide bonds. The fraction of sp³-hybridized carbons (Fsp3) is 0.231. The Balaban J connectivity index is 2.13. The molecule has 0 bridgehead atoms. The van der Waals surface area contributed by atoms with E-state index in [1.165, 1.54) is 12.1 Å². The third-order valence-electron chi connectivity index (χ3n) is 2.28. The van der Waals surface area contributed by atoms with E-state index >= 15 is 0 Å². The van der Waals surface area contributed by atoms with Crippen LogP contribution in [-0.2, 0) is 0 Å². The summed E-state index contributed by atoms with van der Waals surface area (Å²) >= 11 is 0. The van der Waals surface area contributed by atoms with Crippen molar-refractivity contribution in [3.8, 4) is 22.9 Å². The van der Waals surface area contributed by atoms with Crippen LogP contribution in [0.25, 0.3) is 11.4 Å². The van der Waals surface area contributed by atoms with Crippen LogP contribution in [0, 0.1) is 0 Å². The van der Waals surface area contributed by atoms with Crippen molar-refractivity contribution in [2.45, 2.75) is 13.5 Å². The van der Waals surface area contributed by atoms with Gasteiger partial charge in [-0.1, -0.05) is 0 Å². The zero-order valence-electron chi connectivity index (χ0n) is 10.2. The van der Waals surface area contributed by atoms with Crippen LogP contribution in [-0.4, -0.2) is 23.2 Å². The first-order valence-electron chi connectivity index (χ1n) is 5.69. The molecule has 1 aromatic carbocycles. The number of hydrogen-bond donors (Lipinski definition) is 0. The SMILES string of the molecule is CCOc1cnc(-c2ccc(OC(F)F)cc2)nc1. The Morgan fingerprint density at radius 3 is 2.21 bits per heavy atom. The molecule has 1 heterocycles. The van der Waals surface area contributed by atoms with Gasteiger partial charge in [-0.25, -0.2) is 9.97 Å². The molecule has 6 heteroatoms. The lowest BCUT2D eigenvalue weighted by Gasteiger charge is -2.06. The maximum atomic E-state index is 12.0. The zero-order chi connectivity index (χ0) is 13.7. The fourth-order valence-corrected chi connectivity index (χ4v) is 1.49. The van der Waals surface area contributed by atoms with E-state index < -0.39 is 6.61 Å². The molecular weight excluding hydrogens is 254 g/mol. The third-order valence-corrected chi connectivity index (χ3v) is 2.28. The summed E-state index contributed by atoms with van der Waals surface area (Å²) in [6, 6.07) is 6.13. The second-order valence-electron chi connectivity index (χ2n) is 3.58. The van der Waals surface area contributed by atoms with Crippen molar-refractivity contribution in [3.05, 3.63) is 36.7 Å². The average Bonchev–Trinajstić information content (AvgIpc) is 2.40. The quantitative estimate of drug-likeness (QED) is 0.834. The molecule has 0 aliphatic carbocycles. The van der Waals surface area contributed by atoms with Gasteiger partial charge in [-0.3, -0.25) is 0 Å². The van der Waals surface area contributed by atoms with Crippen LogP contribution in [0.15, 0.2) is 36.7 Å². The summed E-state index contributed by atoms with van der Waals surface area (Å²) in [6.45, 7) is -0.412. The summed E-state index contributed by atoms with van der Waals surface area (Å²) in [7, 11) is 0. The predicted molar refractivity (Wildman–Crippen MR) is 65.3 cm³/mol. The maximum absolute atomic E-state index is 12.0. The minimum Gasteiger partial charge on any atom is -0.491 e. The minimum absolute atomic E-state index is 0.102. The van der Waals surface area contributed by atoms with Gasteiger partial charge in [0.1, 0.15) is 5.75 Å². The molecule has 0 radical (unpaired) electrons. The van der Waals surface area contributed by atoms with E-state index in [4.69, 9.17) is 4.74 Å². The lowest BCUT2D eigenvalue weighted by Crippen LogP contribution is -2.01. The highest BCUT2D eigenvalue weighted by Gasteiger charge is 2.06. The highest BCUT2D eigenvalue weighted by Crippen LogP contribution is 2.21. The van der Waals surface area contributed by atoms with Gasteiger partial charge in [-0.15, -0.1) is 0 Å². The van der Waals surface area contributed by atoms with E-state index in [1.807, 2.05) is 6.92 Å². The van der Waals surface area contributed by atoms with Gasteiger partial charge in [-0.2, -0.15) is 8.78 Å². The van der Waals surface area contributed by atoms with Crippen molar-refractivity contribution < 1.29 is 18.3 Å². The lowest BCUT2D eigenvalue weighted by atomic mass is 10.2. The number of ether oxygens (including phenoxy) is 2. The van der Waals surface area contributed by atoms with Crippen LogP contribution in [0.5, 0.6) is 11.5 Å². The Morgan fingerprint density at radius 1 is 1.05 bits per heavy atom. The van der Waals surface area contributed by atoms with Crippen LogP contribution in [0.4, 0.5) is 8.78 Å². The highest BCUT2D eigenvalue weighted by atomic mass is 19.3. The van der Waals surface area contributed by atoms with Crippen LogP contribution in [0.2, 0.25) is 0 Å². The number of aromatic nitrogens is 2. The number of halogens is 2. The van der Waals surface area contributed by atoms with Gasteiger partial charge in [0, 0.05) is 5.56 Å². The Kier molecular flexibility index (Phi) is 4.22. The van der Waals surface area contributed by atoms with Crippen LogP contribution >= 0.6 is 0 Å². The molecule has 4 nitrogen and oxygen atoms in total. The molecule has 0 spiro atoms. The second-order valence-corrected chi connectivity index (χ2v) is 3.58. The van der Waals surface area contributed by atoms with E-state index in [2.05, 4.69) is 14.7 Å². The van der Waals surface area contributed by atoms with E-state index in [1.54, 1.807) is 24.5 Å². The summed E-state index contributed by atoms with van der Waals surface area (Å²) in [5.74, 6) is 1.18. The van der Waals surface area contributed by atoms with Crippen LogP contribution < -0.4 is 9.47 Å². The topological polar surface area (TPSA) is 44.2 Å². The van der Waals surface area contributed by atoms with Crippen molar-refractivity contribution in [1.82, 2.24) is 9.97 Å². The van der Waals surface area contributed by atoms with Gasteiger partial charge in [0.2, 0.25) is 0 Å². The van der Waals surface area contributed by atoms with Gasteiger partial charge >= 0.3 is 6.61 Å². The Hall–Kier alpha value is -2.24. The molecule has 2 aromatic rings. The van der Waals surface area contributed by atoms with E-state index in [9.17, 15) is 8.78 Å². The zero-order valence-corrected chi connectivity index (χ0v) is 10.2. The first-order chi connectivity index (χ1) is 9.19. The molecule has 0 saturated heterocycles. The van der Waals surface area contributed by atoms with Gasteiger partial charge < -0.3 is 9.47 Å². The number of hydrogen-bond acceptors (Lipinski definition) is 4. The van der Waals surface area contributed by atoms with Crippen molar-refractivity contribution in [2.24, 2.45) is 0 Å². The lowest BCUT2D eigenvalue weighted by molar-refractivity contribution is -0.0498. The van der Waals surface area contributed by atoms with Crippen molar-refractivity contribution >= 4 is 0 Å². The molecule has 0 aliphatic rings. The molecule has 2 rings (SSSR count). The summed E-state index contributed by atoms with van der Waals surface area (Å²) in [5.41, 5.74) is 0.713. The van der Waals surface area contributed by atoms with Crippen LogP contribution in [0.3, 0.4) is 0 Å². The molecule has 0 unspecified atom stereocenters. The van der Waals surface area contributed by atoms with Gasteiger partial charge in [0.05, 0.1) is 19.0 Å². The predicted octanol–water partition coefficient (Wildman–Crippen LogP) is 3.14. The van der Waals surface area contributed by atoms with Crippen molar-refractivity contribution in [3.63, 3.8) is 0 Å². The molecule has 0 fully saturated rings. The molecule has 0 atom stereocenters. The largest absolute Gasteiger partial charge is 0.491 e. The monoisotopic (exact) mass is 266 g/mol. The summed E-state index contributed by atoms with van der Waals surface area (Å²) in [6.07, 6.45) is 3.13. The first-order valence-corrected chi connectivity index (χ1v) is 5.69. The summed E-state index contributed by atoms with van der Waals surface area (Å²) in [5, 5.41) is 0. The van der Waals surface area contributed by atoms with E-state index in [0.29, 0.717) is 23.7 Å². The second kappa shape index (κ2) is 6.08. The number of rotatable bonds is 5. The van der Waals surface area contributed by atoms with Crippen molar-refractivity contribution in [2.75, 3.05) is 6.61 Å². The maximum Gasteiger partial charge on any atom is 0.387 e. The molecule has 19 heavy (non-hydrogen) atoms. The normalized spacial score (nSPS) is 10.5. The molecule has 100 valence electrons. The Labute approximate surface area is 109 Å². The van der Waals surface area contributed by atoms with Crippen LogP contribution in [0.1, 0.15) is 6.92 Å². The third kappa shape index (κ3) is 3.61. The van der Waals surface area contributed by atoms with Gasteiger partial charge in [0.25, 0.3) is 0 Å². The molecule has 1 aromatic heterocycles. The van der Waals surface area contributed by atoms with Gasteiger partial charge in [-0.05, 0) is 31.2 Å². The Bertz CT molecular complexity index is 515. The minimum atomic E-state index is -2.83. The fourth-order valence-electron chi connectivity index (χ4n) is 1.49. The number of benzene rings is 1. The highest BCUT2D eigenvalue weighted by molar-refractivity contribution is 5.56. The number of nitrogens with zero attached hydrogens (tertiary/aromatic N) is 2. The summed E-state index contributed by atoms with van der Waals surface area (Å²) < 4.78 is 33.5. The van der Waals surface area contributed by atoms with E-state index in [0.717, 1.165) is 0 Å². The van der Waals surface area contributed by atoms with E-state index in [-0.39, 0.29) is 5.75 Å². The summed E-state index contributed by atoms with van der Waals surface area (Å²) in [4.78, 5) is 8.27. The molecule has 0 saturated carbocycles. The molecular formula is C13H12F2N2O2. The molecule has 0 aliphatic heterocycles. The Morgan fingerprint density at radius 2 is 1.68 bits per heavy atom. The molecule has 0 N–H and O–H groups in total. The smallest absolute Gasteiger partial charge is 0.387 e. The first kappa shape index (κ1) is 13.2. The standard InChI is InChI=1S/C13H12F2N2O2/c1-2-18-11-7-16-12(17-8-11)9-3-5-10(6-4-9)19-13(14)15/h3-8,13H,2H2,1H3. The van der Waals surface area contributed by atoms with Crippen molar-refractivity contribution in [1.29, 1.82) is 0 Å². The van der Waals surface area contributed by atoms with Gasteiger partial charge in [0.15, 0.2) is 11.6 Å². The average molecular weight is 266 g/mol.